The molecule has 0 amide bonds. The first kappa shape index (κ1) is 12.6. The number of unbranched alkanes of at least 4 members (excludes halogenated alkanes) is 1. The fourth-order valence-corrected chi connectivity index (χ4v) is 2.82. The summed E-state index contributed by atoms with van der Waals surface area (Å²) in [6.07, 6.45) is 5.86. The lowest BCUT2D eigenvalue weighted by Crippen LogP contribution is -2.59. The van der Waals surface area contributed by atoms with E-state index in [1.165, 1.54) is 19.3 Å². The van der Waals surface area contributed by atoms with E-state index < -0.39 is 0 Å². The van der Waals surface area contributed by atoms with Crippen molar-refractivity contribution < 1.29 is 0 Å². The lowest BCUT2D eigenvalue weighted by molar-refractivity contribution is 0.199. The zero-order valence-corrected chi connectivity index (χ0v) is 10.9. The standard InChI is InChI=1S/C13H26N2/c1-6-7-8-10-11(14)9-12(2,3)15-13(10,4)5/h9-10,15H,6-8,14H2,1-5H3. The lowest BCUT2D eigenvalue weighted by atomic mass is 9.75. The molecular formula is C13H26N2. The van der Waals surface area contributed by atoms with E-state index in [0.717, 1.165) is 5.70 Å². The molecule has 2 nitrogen and oxygen atoms in total. The van der Waals surface area contributed by atoms with E-state index in [4.69, 9.17) is 5.73 Å². The normalized spacial score (nSPS) is 28.6. The second-order valence-corrected chi connectivity index (χ2v) is 5.91. The van der Waals surface area contributed by atoms with E-state index in [9.17, 15) is 0 Å². The smallest absolute Gasteiger partial charge is 0.0331 e. The Labute approximate surface area is 94.3 Å². The van der Waals surface area contributed by atoms with Crippen LogP contribution in [0, 0.1) is 5.92 Å². The van der Waals surface area contributed by atoms with Gasteiger partial charge in [0.2, 0.25) is 0 Å². The Kier molecular flexibility index (Phi) is 3.49. The summed E-state index contributed by atoms with van der Waals surface area (Å²) in [4.78, 5) is 0. The SMILES string of the molecule is CCCCC1C(N)=CC(C)(C)NC1(C)C. The van der Waals surface area contributed by atoms with Crippen molar-refractivity contribution in [3.8, 4) is 0 Å². The maximum absolute atomic E-state index is 6.19. The molecule has 0 fully saturated rings. The molecule has 0 saturated heterocycles. The molecule has 1 rings (SSSR count). The summed E-state index contributed by atoms with van der Waals surface area (Å²) < 4.78 is 0. The summed E-state index contributed by atoms with van der Waals surface area (Å²) in [5.74, 6) is 0.477. The number of hydrogen-bond acceptors (Lipinski definition) is 2. The monoisotopic (exact) mass is 210 g/mol. The highest BCUT2D eigenvalue weighted by molar-refractivity contribution is 5.22. The number of nitrogens with one attached hydrogen (secondary N) is 1. The molecule has 1 unspecified atom stereocenters. The summed E-state index contributed by atoms with van der Waals surface area (Å²) in [7, 11) is 0. The minimum atomic E-state index is 0.0241. The summed E-state index contributed by atoms with van der Waals surface area (Å²) in [6.45, 7) is 11.1. The molecule has 1 aliphatic rings. The fraction of sp³-hybridized carbons (Fsp3) is 0.846. The maximum atomic E-state index is 6.19. The predicted octanol–water partition coefficient (Wildman–Crippen LogP) is 2.80. The Bertz CT molecular complexity index is 251. The van der Waals surface area contributed by atoms with Crippen molar-refractivity contribution in [1.29, 1.82) is 0 Å². The summed E-state index contributed by atoms with van der Waals surface area (Å²) in [6, 6.07) is 0. The van der Waals surface area contributed by atoms with Gasteiger partial charge >= 0.3 is 0 Å². The van der Waals surface area contributed by atoms with Gasteiger partial charge in [-0.3, -0.25) is 0 Å². The van der Waals surface area contributed by atoms with E-state index in [1.54, 1.807) is 0 Å². The Balaban J connectivity index is 2.85. The van der Waals surface area contributed by atoms with Gasteiger partial charge in [0, 0.05) is 22.7 Å². The van der Waals surface area contributed by atoms with Crippen LogP contribution in [0.3, 0.4) is 0 Å². The fourth-order valence-electron chi connectivity index (χ4n) is 2.82. The van der Waals surface area contributed by atoms with Gasteiger partial charge in [-0.05, 0) is 40.2 Å². The third kappa shape index (κ3) is 2.97. The first-order chi connectivity index (χ1) is 6.78. The highest BCUT2D eigenvalue weighted by Crippen LogP contribution is 2.34. The number of hydrogen-bond donors (Lipinski definition) is 2. The topological polar surface area (TPSA) is 38.0 Å². The quantitative estimate of drug-likeness (QED) is 0.751. The first-order valence-corrected chi connectivity index (χ1v) is 6.06. The van der Waals surface area contributed by atoms with Gasteiger partial charge in [-0.25, -0.2) is 0 Å². The zero-order valence-electron chi connectivity index (χ0n) is 10.9. The predicted molar refractivity (Wildman–Crippen MR) is 66.6 cm³/mol. The number of nitrogens with two attached hydrogens (primary N) is 1. The molecule has 1 atom stereocenters. The van der Waals surface area contributed by atoms with Gasteiger partial charge in [-0.1, -0.05) is 19.8 Å². The van der Waals surface area contributed by atoms with Gasteiger partial charge in [0.15, 0.2) is 0 Å². The average Bonchev–Trinajstić information content (AvgIpc) is 1.98. The van der Waals surface area contributed by atoms with Crippen LogP contribution in [0.25, 0.3) is 0 Å². The highest BCUT2D eigenvalue weighted by Gasteiger charge is 2.38. The van der Waals surface area contributed by atoms with Gasteiger partial charge in [0.1, 0.15) is 0 Å². The van der Waals surface area contributed by atoms with Crippen LogP contribution < -0.4 is 11.1 Å². The Morgan fingerprint density at radius 3 is 2.40 bits per heavy atom. The van der Waals surface area contributed by atoms with Crippen LogP contribution >= 0.6 is 0 Å². The molecule has 0 aliphatic carbocycles. The van der Waals surface area contributed by atoms with E-state index in [2.05, 4.69) is 46.0 Å². The van der Waals surface area contributed by atoms with E-state index in [0.29, 0.717) is 5.92 Å². The van der Waals surface area contributed by atoms with Gasteiger partial charge in [-0.2, -0.15) is 0 Å². The van der Waals surface area contributed by atoms with Crippen LogP contribution in [0.2, 0.25) is 0 Å². The third-order valence-corrected chi connectivity index (χ3v) is 3.29. The van der Waals surface area contributed by atoms with Crippen molar-refractivity contribution in [3.63, 3.8) is 0 Å². The minimum absolute atomic E-state index is 0.0241. The van der Waals surface area contributed by atoms with Crippen LogP contribution in [0.5, 0.6) is 0 Å². The van der Waals surface area contributed by atoms with Crippen molar-refractivity contribution >= 4 is 0 Å². The zero-order chi connectivity index (χ0) is 11.7. The van der Waals surface area contributed by atoms with Crippen molar-refractivity contribution in [1.82, 2.24) is 5.32 Å². The summed E-state index contributed by atoms with van der Waals surface area (Å²) in [5, 5.41) is 3.66. The van der Waals surface area contributed by atoms with Crippen molar-refractivity contribution in [3.05, 3.63) is 11.8 Å². The molecular weight excluding hydrogens is 184 g/mol. The molecule has 0 aromatic carbocycles. The van der Waals surface area contributed by atoms with Crippen LogP contribution in [-0.2, 0) is 0 Å². The third-order valence-electron chi connectivity index (χ3n) is 3.29. The highest BCUT2D eigenvalue weighted by atomic mass is 15.1. The van der Waals surface area contributed by atoms with Crippen LogP contribution in [0.1, 0.15) is 53.9 Å². The molecule has 0 bridgehead atoms. The van der Waals surface area contributed by atoms with Crippen LogP contribution in [0.4, 0.5) is 0 Å². The lowest BCUT2D eigenvalue weighted by Gasteiger charge is -2.46. The number of rotatable bonds is 3. The molecule has 0 saturated carbocycles. The molecule has 88 valence electrons. The minimum Gasteiger partial charge on any atom is -0.402 e. The Morgan fingerprint density at radius 2 is 1.93 bits per heavy atom. The summed E-state index contributed by atoms with van der Waals surface area (Å²) in [5.41, 5.74) is 7.39. The molecule has 1 heterocycles. The van der Waals surface area contributed by atoms with E-state index in [-0.39, 0.29) is 11.1 Å². The summed E-state index contributed by atoms with van der Waals surface area (Å²) >= 11 is 0. The second-order valence-electron chi connectivity index (χ2n) is 5.91. The van der Waals surface area contributed by atoms with Crippen molar-refractivity contribution in [2.75, 3.05) is 0 Å². The molecule has 1 aliphatic heterocycles. The molecule has 0 spiro atoms. The maximum Gasteiger partial charge on any atom is 0.0331 e. The van der Waals surface area contributed by atoms with Gasteiger partial charge in [0.05, 0.1) is 0 Å². The van der Waals surface area contributed by atoms with Crippen molar-refractivity contribution in [2.45, 2.75) is 65.0 Å². The first-order valence-electron chi connectivity index (χ1n) is 6.06. The van der Waals surface area contributed by atoms with E-state index >= 15 is 0 Å². The van der Waals surface area contributed by atoms with Gasteiger partial charge in [0.25, 0.3) is 0 Å². The van der Waals surface area contributed by atoms with Gasteiger partial charge < -0.3 is 11.1 Å². The second kappa shape index (κ2) is 4.17. The Morgan fingerprint density at radius 1 is 1.33 bits per heavy atom. The molecule has 0 radical (unpaired) electrons. The largest absolute Gasteiger partial charge is 0.402 e. The van der Waals surface area contributed by atoms with Gasteiger partial charge in [-0.15, -0.1) is 0 Å². The molecule has 2 heteroatoms. The Hall–Kier alpha value is -0.500. The van der Waals surface area contributed by atoms with Crippen LogP contribution in [-0.4, -0.2) is 11.1 Å². The average molecular weight is 210 g/mol. The molecule has 15 heavy (non-hydrogen) atoms. The molecule has 3 N–H and O–H groups in total. The molecule has 0 aromatic heterocycles. The molecule has 0 aromatic rings. The van der Waals surface area contributed by atoms with Crippen molar-refractivity contribution in [2.24, 2.45) is 11.7 Å². The van der Waals surface area contributed by atoms with Crippen LogP contribution in [0.15, 0.2) is 11.8 Å². The van der Waals surface area contributed by atoms with E-state index in [1.807, 2.05) is 0 Å².